The minimum Gasteiger partial charge on any atom is -0.495 e. The highest BCUT2D eigenvalue weighted by Gasteiger charge is 2.36. The van der Waals surface area contributed by atoms with E-state index >= 15 is 0 Å². The number of hydrogen-bond acceptors (Lipinski definition) is 5. The Bertz CT molecular complexity index is 955. The van der Waals surface area contributed by atoms with E-state index in [1.165, 1.54) is 6.92 Å². The zero-order chi connectivity index (χ0) is 19.3. The molecular formula is C20H21ClN2O4. The molecule has 0 bridgehead atoms. The van der Waals surface area contributed by atoms with E-state index in [0.717, 1.165) is 40.4 Å². The number of benzene rings is 1. The Labute approximate surface area is 162 Å². The van der Waals surface area contributed by atoms with Crippen molar-refractivity contribution in [1.29, 1.82) is 0 Å². The number of carbonyl (C=O) groups is 2. The van der Waals surface area contributed by atoms with Gasteiger partial charge in [-0.1, -0.05) is 11.6 Å². The van der Waals surface area contributed by atoms with E-state index in [0.29, 0.717) is 23.2 Å². The van der Waals surface area contributed by atoms with E-state index in [1.807, 2.05) is 19.2 Å². The number of ether oxygens (including phenoxy) is 2. The van der Waals surface area contributed by atoms with Gasteiger partial charge in [0, 0.05) is 30.6 Å². The summed E-state index contributed by atoms with van der Waals surface area (Å²) >= 11 is 6.58. The lowest BCUT2D eigenvalue weighted by molar-refractivity contribution is -0.151. The number of pyridine rings is 1. The molecule has 1 aliphatic carbocycles. The number of aromatic nitrogens is 1. The van der Waals surface area contributed by atoms with Crippen LogP contribution in [0.25, 0.3) is 10.9 Å². The van der Waals surface area contributed by atoms with Crippen molar-refractivity contribution < 1.29 is 19.1 Å². The van der Waals surface area contributed by atoms with Gasteiger partial charge in [-0.05, 0) is 42.9 Å². The zero-order valence-electron chi connectivity index (χ0n) is 15.5. The van der Waals surface area contributed by atoms with Crippen molar-refractivity contribution in [2.75, 3.05) is 13.7 Å². The quantitative estimate of drug-likeness (QED) is 0.746. The van der Waals surface area contributed by atoms with Crippen LogP contribution >= 0.6 is 11.6 Å². The number of nitrogens with zero attached hydrogens (tertiary/aromatic N) is 2. The Morgan fingerprint density at radius 3 is 2.70 bits per heavy atom. The van der Waals surface area contributed by atoms with Gasteiger partial charge in [0.05, 0.1) is 23.7 Å². The molecule has 1 aromatic heterocycles. The van der Waals surface area contributed by atoms with Crippen LogP contribution in [0.15, 0.2) is 12.3 Å². The summed E-state index contributed by atoms with van der Waals surface area (Å²) in [6.45, 7) is 3.47. The number of carbonyl (C=O) groups excluding carboxylic acids is 2. The molecular weight excluding hydrogens is 368 g/mol. The maximum absolute atomic E-state index is 12.5. The standard InChI is InChI=1S/C20H21ClN2O4/c1-10-17-13(8-23(10)16(25)9-27-11(2)24)7-22-20-14(17)6-15(26-3)19(21)18(20)12-4-5-12/h6-7,10,12H,4-5,8-9H2,1-3H3/t10-/m0/s1. The molecule has 0 saturated heterocycles. The molecule has 6 nitrogen and oxygen atoms in total. The van der Waals surface area contributed by atoms with Gasteiger partial charge in [0.15, 0.2) is 6.61 Å². The van der Waals surface area contributed by atoms with E-state index in [1.54, 1.807) is 12.0 Å². The van der Waals surface area contributed by atoms with E-state index in [-0.39, 0.29) is 18.6 Å². The molecule has 1 aliphatic heterocycles. The summed E-state index contributed by atoms with van der Waals surface area (Å²) in [5.74, 6) is 0.371. The van der Waals surface area contributed by atoms with Crippen molar-refractivity contribution in [1.82, 2.24) is 9.88 Å². The molecule has 1 atom stereocenters. The number of rotatable bonds is 4. The molecule has 2 heterocycles. The lowest BCUT2D eigenvalue weighted by Gasteiger charge is -2.22. The van der Waals surface area contributed by atoms with Gasteiger partial charge in [-0.2, -0.15) is 0 Å². The summed E-state index contributed by atoms with van der Waals surface area (Å²) < 4.78 is 10.4. The maximum Gasteiger partial charge on any atom is 0.303 e. The summed E-state index contributed by atoms with van der Waals surface area (Å²) in [5, 5.41) is 1.61. The Kier molecular flexibility index (Phi) is 4.46. The van der Waals surface area contributed by atoms with Crippen molar-refractivity contribution in [3.8, 4) is 5.75 Å². The van der Waals surface area contributed by atoms with Gasteiger partial charge >= 0.3 is 5.97 Å². The summed E-state index contributed by atoms with van der Waals surface area (Å²) in [6.07, 6.45) is 4.04. The summed E-state index contributed by atoms with van der Waals surface area (Å²) in [5.41, 5.74) is 4.00. The number of methoxy groups -OCH3 is 1. The fourth-order valence-corrected chi connectivity index (χ4v) is 4.29. The summed E-state index contributed by atoms with van der Waals surface area (Å²) in [6, 6.07) is 1.78. The van der Waals surface area contributed by atoms with Crippen LogP contribution < -0.4 is 4.74 Å². The molecule has 4 rings (SSSR count). The highest BCUT2D eigenvalue weighted by molar-refractivity contribution is 6.34. The number of fused-ring (bicyclic) bond motifs is 3. The zero-order valence-corrected chi connectivity index (χ0v) is 16.3. The second-order valence-corrected chi connectivity index (χ2v) is 7.53. The Balaban J connectivity index is 1.79. The average molecular weight is 389 g/mol. The van der Waals surface area contributed by atoms with Gasteiger partial charge in [-0.15, -0.1) is 0 Å². The Hall–Kier alpha value is -2.34. The van der Waals surface area contributed by atoms with E-state index in [2.05, 4.69) is 4.98 Å². The number of hydrogen-bond donors (Lipinski definition) is 0. The molecule has 1 aromatic carbocycles. The van der Waals surface area contributed by atoms with E-state index in [4.69, 9.17) is 21.1 Å². The first-order valence-corrected chi connectivity index (χ1v) is 9.40. The van der Waals surface area contributed by atoms with Crippen molar-refractivity contribution in [2.45, 2.75) is 45.2 Å². The number of amides is 1. The lowest BCUT2D eigenvalue weighted by atomic mass is 9.97. The van der Waals surface area contributed by atoms with Crippen LogP contribution in [0.2, 0.25) is 5.02 Å². The van der Waals surface area contributed by atoms with E-state index in [9.17, 15) is 9.59 Å². The predicted octanol–water partition coefficient (Wildman–Crippen LogP) is 3.74. The van der Waals surface area contributed by atoms with Crippen molar-refractivity contribution in [3.05, 3.63) is 34.0 Å². The van der Waals surface area contributed by atoms with Crippen molar-refractivity contribution in [3.63, 3.8) is 0 Å². The lowest BCUT2D eigenvalue weighted by Crippen LogP contribution is -2.32. The molecule has 7 heteroatoms. The van der Waals surface area contributed by atoms with Gasteiger partial charge < -0.3 is 14.4 Å². The minimum absolute atomic E-state index is 0.147. The Morgan fingerprint density at radius 2 is 2.07 bits per heavy atom. The highest BCUT2D eigenvalue weighted by atomic mass is 35.5. The second kappa shape index (κ2) is 6.68. The van der Waals surface area contributed by atoms with Crippen LogP contribution in [0.3, 0.4) is 0 Å². The third kappa shape index (κ3) is 3.02. The first kappa shape index (κ1) is 18.0. The number of esters is 1. The molecule has 1 fully saturated rings. The van der Waals surface area contributed by atoms with Gasteiger partial charge in [0.2, 0.25) is 0 Å². The molecule has 1 amide bonds. The van der Waals surface area contributed by atoms with Crippen LogP contribution in [-0.4, -0.2) is 35.5 Å². The van der Waals surface area contributed by atoms with Crippen LogP contribution in [-0.2, 0) is 20.9 Å². The highest BCUT2D eigenvalue weighted by Crippen LogP contribution is 2.50. The summed E-state index contributed by atoms with van der Waals surface area (Å²) in [4.78, 5) is 29.9. The van der Waals surface area contributed by atoms with Gasteiger partial charge in [-0.25, -0.2) is 0 Å². The topological polar surface area (TPSA) is 68.7 Å². The molecule has 1 saturated carbocycles. The van der Waals surface area contributed by atoms with Crippen LogP contribution in [0, 0.1) is 0 Å². The molecule has 0 unspecified atom stereocenters. The van der Waals surface area contributed by atoms with Crippen molar-refractivity contribution in [2.24, 2.45) is 0 Å². The van der Waals surface area contributed by atoms with E-state index < -0.39 is 5.97 Å². The van der Waals surface area contributed by atoms with Crippen molar-refractivity contribution >= 4 is 34.4 Å². The SMILES string of the molecule is COc1cc2c3c(cnc2c(C2CC2)c1Cl)CN(C(=O)COC(C)=O)[C@H]3C. The summed E-state index contributed by atoms with van der Waals surface area (Å²) in [7, 11) is 1.61. The van der Waals surface area contributed by atoms with Crippen LogP contribution in [0.1, 0.15) is 55.3 Å². The molecule has 27 heavy (non-hydrogen) atoms. The fraction of sp³-hybridized carbons (Fsp3) is 0.450. The molecule has 2 aromatic rings. The third-order valence-corrected chi connectivity index (χ3v) is 5.76. The Morgan fingerprint density at radius 1 is 1.33 bits per heavy atom. The minimum atomic E-state index is -0.465. The smallest absolute Gasteiger partial charge is 0.303 e. The largest absolute Gasteiger partial charge is 0.495 e. The molecule has 142 valence electrons. The predicted molar refractivity (Wildman–Crippen MR) is 101 cm³/mol. The third-order valence-electron chi connectivity index (χ3n) is 5.37. The second-order valence-electron chi connectivity index (χ2n) is 7.15. The first-order valence-electron chi connectivity index (χ1n) is 9.03. The fourth-order valence-electron chi connectivity index (χ4n) is 3.91. The normalized spacial score (nSPS) is 18.5. The first-order chi connectivity index (χ1) is 12.9. The molecule has 0 N–H and O–H groups in total. The maximum atomic E-state index is 12.5. The van der Waals surface area contributed by atoms with Gasteiger partial charge in [0.25, 0.3) is 5.91 Å². The van der Waals surface area contributed by atoms with Gasteiger partial charge in [-0.3, -0.25) is 14.6 Å². The molecule has 2 aliphatic rings. The number of halogens is 1. The van der Waals surface area contributed by atoms with Crippen LogP contribution in [0.5, 0.6) is 5.75 Å². The molecule has 0 radical (unpaired) electrons. The average Bonchev–Trinajstić information content (AvgIpc) is 3.42. The van der Waals surface area contributed by atoms with Gasteiger partial charge in [0.1, 0.15) is 5.75 Å². The van der Waals surface area contributed by atoms with Crippen LogP contribution in [0.4, 0.5) is 0 Å². The molecule has 0 spiro atoms. The monoisotopic (exact) mass is 388 g/mol.